The molecule has 0 radical (unpaired) electrons. The Morgan fingerprint density at radius 1 is 1.38 bits per heavy atom. The van der Waals surface area contributed by atoms with Gasteiger partial charge < -0.3 is 10.1 Å². The van der Waals surface area contributed by atoms with Crippen molar-refractivity contribution < 1.29 is 5.11 Å². The third kappa shape index (κ3) is 1.74. The SMILES string of the molecule is OC(c1ccc2[nH]ccc2c1)C1CCSC1. The summed E-state index contributed by atoms with van der Waals surface area (Å²) in [6, 6.07) is 8.23. The van der Waals surface area contributed by atoms with Crippen LogP contribution in [-0.2, 0) is 0 Å². The number of H-pyrrole nitrogens is 1. The van der Waals surface area contributed by atoms with Gasteiger partial charge in [-0.25, -0.2) is 0 Å². The van der Waals surface area contributed by atoms with Gasteiger partial charge in [0.15, 0.2) is 0 Å². The number of rotatable bonds is 2. The number of thioether (sulfide) groups is 1. The molecule has 1 fully saturated rings. The summed E-state index contributed by atoms with van der Waals surface area (Å²) < 4.78 is 0. The van der Waals surface area contributed by atoms with Gasteiger partial charge in [0.05, 0.1) is 6.10 Å². The van der Waals surface area contributed by atoms with Gasteiger partial charge in [0.2, 0.25) is 0 Å². The summed E-state index contributed by atoms with van der Waals surface area (Å²) >= 11 is 1.94. The third-order valence-corrected chi connectivity index (χ3v) is 4.52. The average molecular weight is 233 g/mol. The molecule has 0 spiro atoms. The monoisotopic (exact) mass is 233 g/mol. The molecule has 16 heavy (non-hydrogen) atoms. The maximum absolute atomic E-state index is 10.3. The molecule has 0 aliphatic carbocycles. The molecular weight excluding hydrogens is 218 g/mol. The van der Waals surface area contributed by atoms with Crippen molar-refractivity contribution in [2.45, 2.75) is 12.5 Å². The first kappa shape index (κ1) is 10.2. The predicted molar refractivity (Wildman–Crippen MR) is 68.7 cm³/mol. The van der Waals surface area contributed by atoms with Crippen LogP contribution in [0.5, 0.6) is 0 Å². The first-order valence-electron chi connectivity index (χ1n) is 5.67. The molecule has 1 aliphatic rings. The summed E-state index contributed by atoms with van der Waals surface area (Å²) in [7, 11) is 0. The Labute approximate surface area is 99.1 Å². The number of hydrogen-bond acceptors (Lipinski definition) is 2. The quantitative estimate of drug-likeness (QED) is 0.836. The molecule has 1 aliphatic heterocycles. The van der Waals surface area contributed by atoms with E-state index in [1.165, 1.54) is 11.1 Å². The van der Waals surface area contributed by atoms with Crippen LogP contribution in [0.25, 0.3) is 10.9 Å². The second-order valence-corrected chi connectivity index (χ2v) is 5.54. The van der Waals surface area contributed by atoms with Crippen LogP contribution in [0.1, 0.15) is 18.1 Å². The number of nitrogens with one attached hydrogen (secondary N) is 1. The summed E-state index contributed by atoms with van der Waals surface area (Å²) in [6.07, 6.45) is 2.78. The maximum Gasteiger partial charge on any atom is 0.0826 e. The molecule has 2 aromatic rings. The zero-order chi connectivity index (χ0) is 11.0. The Morgan fingerprint density at radius 3 is 3.12 bits per heavy atom. The second-order valence-electron chi connectivity index (χ2n) is 4.39. The van der Waals surface area contributed by atoms with E-state index in [2.05, 4.69) is 23.2 Å². The van der Waals surface area contributed by atoms with E-state index >= 15 is 0 Å². The number of aliphatic hydroxyl groups is 1. The molecule has 1 aromatic heterocycles. The van der Waals surface area contributed by atoms with Crippen molar-refractivity contribution in [1.82, 2.24) is 4.98 Å². The van der Waals surface area contributed by atoms with Crippen LogP contribution in [0.3, 0.4) is 0 Å². The number of hydrogen-bond donors (Lipinski definition) is 2. The highest BCUT2D eigenvalue weighted by Gasteiger charge is 2.24. The fraction of sp³-hybridized carbons (Fsp3) is 0.385. The van der Waals surface area contributed by atoms with Crippen molar-refractivity contribution in [3.8, 4) is 0 Å². The minimum atomic E-state index is -0.297. The molecule has 0 bridgehead atoms. The number of benzene rings is 1. The summed E-state index contributed by atoms with van der Waals surface area (Å²) in [5.41, 5.74) is 2.19. The lowest BCUT2D eigenvalue weighted by Crippen LogP contribution is -2.11. The molecule has 2 unspecified atom stereocenters. The minimum Gasteiger partial charge on any atom is -0.388 e. The van der Waals surface area contributed by atoms with Gasteiger partial charge in [-0.1, -0.05) is 6.07 Å². The molecule has 2 heterocycles. The minimum absolute atomic E-state index is 0.297. The molecule has 2 nitrogen and oxygen atoms in total. The fourth-order valence-electron chi connectivity index (χ4n) is 2.33. The van der Waals surface area contributed by atoms with Crippen molar-refractivity contribution in [3.63, 3.8) is 0 Å². The topological polar surface area (TPSA) is 36.0 Å². The zero-order valence-electron chi connectivity index (χ0n) is 9.02. The second kappa shape index (κ2) is 4.15. The van der Waals surface area contributed by atoms with Crippen LogP contribution in [0.2, 0.25) is 0 Å². The van der Waals surface area contributed by atoms with Crippen LogP contribution in [0.15, 0.2) is 30.5 Å². The van der Waals surface area contributed by atoms with Crippen LogP contribution in [0.4, 0.5) is 0 Å². The number of aromatic nitrogens is 1. The van der Waals surface area contributed by atoms with Crippen molar-refractivity contribution in [2.75, 3.05) is 11.5 Å². The van der Waals surface area contributed by atoms with E-state index in [0.717, 1.165) is 23.3 Å². The maximum atomic E-state index is 10.3. The van der Waals surface area contributed by atoms with Gasteiger partial charge in [0.25, 0.3) is 0 Å². The van der Waals surface area contributed by atoms with E-state index < -0.39 is 0 Å². The Balaban J connectivity index is 1.91. The Bertz CT molecular complexity index is 487. The summed E-state index contributed by atoms with van der Waals surface area (Å²) in [6.45, 7) is 0. The van der Waals surface area contributed by atoms with E-state index in [9.17, 15) is 5.11 Å². The molecule has 84 valence electrons. The van der Waals surface area contributed by atoms with Crippen LogP contribution < -0.4 is 0 Å². The highest BCUT2D eigenvalue weighted by molar-refractivity contribution is 7.99. The van der Waals surface area contributed by atoms with Gasteiger partial charge in [-0.3, -0.25) is 0 Å². The lowest BCUT2D eigenvalue weighted by Gasteiger charge is -2.17. The normalized spacial score (nSPS) is 22.7. The number of aliphatic hydroxyl groups excluding tert-OH is 1. The molecule has 1 aromatic carbocycles. The van der Waals surface area contributed by atoms with Crippen molar-refractivity contribution in [1.29, 1.82) is 0 Å². The fourth-order valence-corrected chi connectivity index (χ4v) is 3.62. The average Bonchev–Trinajstić information content (AvgIpc) is 2.98. The van der Waals surface area contributed by atoms with Crippen molar-refractivity contribution in [2.24, 2.45) is 5.92 Å². The smallest absolute Gasteiger partial charge is 0.0826 e. The molecule has 3 heteroatoms. The van der Waals surface area contributed by atoms with E-state index in [1.54, 1.807) is 0 Å². The van der Waals surface area contributed by atoms with E-state index in [0.29, 0.717) is 5.92 Å². The van der Waals surface area contributed by atoms with Gasteiger partial charge in [0, 0.05) is 11.7 Å². The lowest BCUT2D eigenvalue weighted by molar-refractivity contribution is 0.121. The van der Waals surface area contributed by atoms with Crippen molar-refractivity contribution in [3.05, 3.63) is 36.0 Å². The first-order valence-corrected chi connectivity index (χ1v) is 6.83. The van der Waals surface area contributed by atoms with Gasteiger partial charge in [-0.15, -0.1) is 0 Å². The highest BCUT2D eigenvalue weighted by Crippen LogP contribution is 2.34. The van der Waals surface area contributed by atoms with E-state index in [-0.39, 0.29) is 6.10 Å². The van der Waals surface area contributed by atoms with Crippen LogP contribution >= 0.6 is 11.8 Å². The summed E-state index contributed by atoms with van der Waals surface area (Å²) in [5.74, 6) is 2.71. The number of fused-ring (bicyclic) bond motifs is 1. The summed E-state index contributed by atoms with van der Waals surface area (Å²) in [5, 5.41) is 11.5. The molecule has 0 saturated carbocycles. The van der Waals surface area contributed by atoms with Crippen LogP contribution in [0, 0.1) is 5.92 Å². The molecule has 0 amide bonds. The van der Waals surface area contributed by atoms with Gasteiger partial charge in [0.1, 0.15) is 0 Å². The first-order chi connectivity index (χ1) is 7.84. The van der Waals surface area contributed by atoms with Crippen LogP contribution in [-0.4, -0.2) is 21.6 Å². The zero-order valence-corrected chi connectivity index (χ0v) is 9.83. The largest absolute Gasteiger partial charge is 0.388 e. The van der Waals surface area contributed by atoms with Gasteiger partial charge in [-0.05, 0) is 53.0 Å². The molecule has 1 saturated heterocycles. The Morgan fingerprint density at radius 2 is 2.31 bits per heavy atom. The Hall–Kier alpha value is -0.930. The van der Waals surface area contributed by atoms with Crippen molar-refractivity contribution >= 4 is 22.7 Å². The molecule has 2 atom stereocenters. The Kier molecular flexibility index (Phi) is 2.65. The molecule has 3 rings (SSSR count). The lowest BCUT2D eigenvalue weighted by atomic mass is 9.95. The number of aromatic amines is 1. The third-order valence-electron chi connectivity index (χ3n) is 3.33. The molecular formula is C13H15NOS. The highest BCUT2D eigenvalue weighted by atomic mass is 32.2. The van der Waals surface area contributed by atoms with E-state index in [1.807, 2.05) is 24.0 Å². The predicted octanol–water partition coefficient (Wildman–Crippen LogP) is 2.95. The van der Waals surface area contributed by atoms with E-state index in [4.69, 9.17) is 0 Å². The van der Waals surface area contributed by atoms with Gasteiger partial charge in [-0.2, -0.15) is 11.8 Å². The van der Waals surface area contributed by atoms with Gasteiger partial charge >= 0.3 is 0 Å². The summed E-state index contributed by atoms with van der Waals surface area (Å²) in [4.78, 5) is 3.17. The standard InChI is InChI=1S/C13H15NOS/c15-13(11-4-6-16-8-11)10-1-2-12-9(7-10)3-5-14-12/h1-3,5,7,11,13-15H,4,6,8H2. The molecule has 2 N–H and O–H groups in total.